The van der Waals surface area contributed by atoms with E-state index in [9.17, 15) is 4.79 Å². The fourth-order valence-corrected chi connectivity index (χ4v) is 2.93. The predicted octanol–water partition coefficient (Wildman–Crippen LogP) is 3.30. The molecule has 1 heterocycles. The Labute approximate surface area is 126 Å². The number of rotatable bonds is 4. The number of hydrogen-bond acceptors (Lipinski definition) is 2. The highest BCUT2D eigenvalue weighted by molar-refractivity contribution is 6.30. The van der Waals surface area contributed by atoms with Crippen molar-refractivity contribution in [2.45, 2.75) is 39.2 Å². The lowest BCUT2D eigenvalue weighted by molar-refractivity contribution is -0.133. The zero-order chi connectivity index (χ0) is 14.6. The van der Waals surface area contributed by atoms with Crippen LogP contribution in [0.4, 0.5) is 0 Å². The topological polar surface area (TPSA) is 41.1 Å². The summed E-state index contributed by atoms with van der Waals surface area (Å²) < 4.78 is 0. The normalized spacial score (nSPS) is 24.1. The maximum Gasteiger partial charge on any atom is 0.227 e. The fourth-order valence-electron chi connectivity index (χ4n) is 2.81. The monoisotopic (exact) mass is 294 g/mol. The molecule has 1 aromatic rings. The smallest absolute Gasteiger partial charge is 0.227 e. The number of nitrogens with one attached hydrogen (secondary N) is 2. The first-order valence-corrected chi connectivity index (χ1v) is 7.72. The van der Waals surface area contributed by atoms with Crippen molar-refractivity contribution in [2.75, 3.05) is 13.1 Å². The molecular formula is C16H23ClN2O. The quantitative estimate of drug-likeness (QED) is 0.894. The Bertz CT molecular complexity index is 452. The summed E-state index contributed by atoms with van der Waals surface area (Å²) in [7, 11) is 0. The summed E-state index contributed by atoms with van der Waals surface area (Å²) in [5.74, 6) is 0.162. The van der Waals surface area contributed by atoms with Crippen molar-refractivity contribution in [3.05, 3.63) is 34.9 Å². The highest BCUT2D eigenvalue weighted by atomic mass is 35.5. The molecule has 1 aromatic carbocycles. The van der Waals surface area contributed by atoms with E-state index in [1.165, 1.54) is 0 Å². The fraction of sp³-hybridized carbons (Fsp3) is 0.562. The first-order valence-electron chi connectivity index (χ1n) is 7.34. The molecule has 2 atom stereocenters. The summed E-state index contributed by atoms with van der Waals surface area (Å²) >= 11 is 5.89. The Balaban J connectivity index is 2.04. The summed E-state index contributed by atoms with van der Waals surface area (Å²) in [5.41, 5.74) is 0.830. The molecule has 110 valence electrons. The molecule has 0 saturated carbocycles. The number of carbonyl (C=O) groups is 1. The Hall–Kier alpha value is -1.06. The Morgan fingerprint density at radius 3 is 2.70 bits per heavy atom. The minimum atomic E-state index is -0.251. The van der Waals surface area contributed by atoms with E-state index in [4.69, 9.17) is 11.6 Å². The molecule has 0 radical (unpaired) electrons. The van der Waals surface area contributed by atoms with E-state index in [1.54, 1.807) is 0 Å². The van der Waals surface area contributed by atoms with Crippen molar-refractivity contribution in [3.63, 3.8) is 0 Å². The molecule has 0 bridgehead atoms. The van der Waals surface area contributed by atoms with Crippen LogP contribution in [-0.2, 0) is 4.79 Å². The second kappa shape index (κ2) is 6.59. The summed E-state index contributed by atoms with van der Waals surface area (Å²) in [6.45, 7) is 5.91. The molecule has 1 aliphatic rings. The second-order valence-electron chi connectivity index (χ2n) is 5.66. The van der Waals surface area contributed by atoms with E-state index in [-0.39, 0.29) is 17.4 Å². The molecule has 2 rings (SSSR count). The van der Waals surface area contributed by atoms with Gasteiger partial charge >= 0.3 is 0 Å². The van der Waals surface area contributed by atoms with Gasteiger partial charge in [0.1, 0.15) is 0 Å². The summed E-state index contributed by atoms with van der Waals surface area (Å²) in [6, 6.07) is 7.65. The Morgan fingerprint density at radius 2 is 2.15 bits per heavy atom. The third-order valence-corrected chi connectivity index (χ3v) is 4.60. The molecule has 20 heavy (non-hydrogen) atoms. The van der Waals surface area contributed by atoms with Crippen LogP contribution in [0, 0.1) is 5.41 Å². The van der Waals surface area contributed by atoms with Gasteiger partial charge in [0.05, 0.1) is 11.5 Å². The largest absolute Gasteiger partial charge is 0.349 e. The number of amides is 1. The van der Waals surface area contributed by atoms with Crippen molar-refractivity contribution >= 4 is 17.5 Å². The van der Waals surface area contributed by atoms with Crippen LogP contribution in [0.15, 0.2) is 24.3 Å². The lowest BCUT2D eigenvalue weighted by atomic mass is 9.77. The predicted molar refractivity (Wildman–Crippen MR) is 82.8 cm³/mol. The van der Waals surface area contributed by atoms with Crippen molar-refractivity contribution in [1.82, 2.24) is 10.6 Å². The first-order chi connectivity index (χ1) is 9.57. The minimum Gasteiger partial charge on any atom is -0.349 e. The van der Waals surface area contributed by atoms with E-state index >= 15 is 0 Å². The third kappa shape index (κ3) is 3.33. The zero-order valence-corrected chi connectivity index (χ0v) is 13.0. The number of halogens is 1. The van der Waals surface area contributed by atoms with Crippen molar-refractivity contribution in [2.24, 2.45) is 5.41 Å². The van der Waals surface area contributed by atoms with Crippen LogP contribution >= 0.6 is 11.6 Å². The van der Waals surface area contributed by atoms with Gasteiger partial charge in [-0.25, -0.2) is 0 Å². The van der Waals surface area contributed by atoms with Crippen LogP contribution < -0.4 is 10.6 Å². The average molecular weight is 295 g/mol. The van der Waals surface area contributed by atoms with E-state index < -0.39 is 0 Å². The molecule has 0 spiro atoms. The molecule has 0 aromatic heterocycles. The average Bonchev–Trinajstić information content (AvgIpc) is 2.48. The van der Waals surface area contributed by atoms with E-state index in [2.05, 4.69) is 17.6 Å². The van der Waals surface area contributed by atoms with Crippen LogP contribution in [0.2, 0.25) is 5.02 Å². The van der Waals surface area contributed by atoms with Gasteiger partial charge < -0.3 is 10.6 Å². The maximum absolute atomic E-state index is 12.6. The van der Waals surface area contributed by atoms with Gasteiger partial charge in [0.15, 0.2) is 0 Å². The molecule has 1 aliphatic heterocycles. The van der Waals surface area contributed by atoms with Crippen LogP contribution in [-0.4, -0.2) is 19.0 Å². The Kier molecular flexibility index (Phi) is 5.06. The van der Waals surface area contributed by atoms with Crippen LogP contribution in [0.5, 0.6) is 0 Å². The van der Waals surface area contributed by atoms with Gasteiger partial charge in [0.25, 0.3) is 0 Å². The number of hydrogen-bond donors (Lipinski definition) is 2. The van der Waals surface area contributed by atoms with E-state index in [1.807, 2.05) is 31.2 Å². The molecule has 4 heteroatoms. The third-order valence-electron chi connectivity index (χ3n) is 4.35. The number of piperidine rings is 1. The summed E-state index contributed by atoms with van der Waals surface area (Å²) in [5, 5.41) is 7.22. The van der Waals surface area contributed by atoms with E-state index in [0.29, 0.717) is 5.02 Å². The molecule has 0 aliphatic carbocycles. The molecule has 1 fully saturated rings. The van der Waals surface area contributed by atoms with Gasteiger partial charge in [0, 0.05) is 11.6 Å². The van der Waals surface area contributed by atoms with Gasteiger partial charge in [-0.2, -0.15) is 0 Å². The highest BCUT2D eigenvalue weighted by Gasteiger charge is 2.38. The zero-order valence-electron chi connectivity index (χ0n) is 12.2. The maximum atomic E-state index is 12.6. The first kappa shape index (κ1) is 15.3. The molecule has 2 unspecified atom stereocenters. The molecule has 1 amide bonds. The lowest BCUT2D eigenvalue weighted by Crippen LogP contribution is -2.50. The SMILES string of the molecule is CCC1(C(=O)NC(C)c2ccc(Cl)cc2)CCCNC1. The van der Waals surface area contributed by atoms with Gasteiger partial charge in [-0.05, 0) is 50.4 Å². The molecule has 2 N–H and O–H groups in total. The number of carbonyl (C=O) groups excluding carboxylic acids is 1. The standard InChI is InChI=1S/C16H23ClN2O/c1-3-16(9-4-10-18-11-16)15(20)19-12(2)13-5-7-14(17)8-6-13/h5-8,12,18H,3-4,9-11H2,1-2H3,(H,19,20). The molecular weight excluding hydrogens is 272 g/mol. The Morgan fingerprint density at radius 1 is 1.45 bits per heavy atom. The second-order valence-corrected chi connectivity index (χ2v) is 6.10. The molecule has 1 saturated heterocycles. The number of benzene rings is 1. The minimum absolute atomic E-state index is 0.00474. The van der Waals surface area contributed by atoms with Gasteiger partial charge in [-0.1, -0.05) is 30.7 Å². The highest BCUT2D eigenvalue weighted by Crippen LogP contribution is 2.31. The molecule has 3 nitrogen and oxygen atoms in total. The van der Waals surface area contributed by atoms with Gasteiger partial charge in [-0.15, -0.1) is 0 Å². The van der Waals surface area contributed by atoms with Crippen LogP contribution in [0.25, 0.3) is 0 Å². The summed E-state index contributed by atoms with van der Waals surface area (Å²) in [6.07, 6.45) is 2.91. The van der Waals surface area contributed by atoms with Gasteiger partial charge in [-0.3, -0.25) is 4.79 Å². The van der Waals surface area contributed by atoms with Crippen molar-refractivity contribution in [3.8, 4) is 0 Å². The van der Waals surface area contributed by atoms with Gasteiger partial charge in [0.2, 0.25) is 5.91 Å². The summed E-state index contributed by atoms with van der Waals surface area (Å²) in [4.78, 5) is 12.6. The van der Waals surface area contributed by atoms with Crippen LogP contribution in [0.3, 0.4) is 0 Å². The van der Waals surface area contributed by atoms with Crippen molar-refractivity contribution in [1.29, 1.82) is 0 Å². The van der Waals surface area contributed by atoms with Crippen molar-refractivity contribution < 1.29 is 4.79 Å². The van der Waals surface area contributed by atoms with Crippen LogP contribution in [0.1, 0.15) is 44.7 Å². The lowest BCUT2D eigenvalue weighted by Gasteiger charge is -2.36. The van der Waals surface area contributed by atoms with E-state index in [0.717, 1.165) is 37.9 Å².